The molecule has 0 saturated heterocycles. The van der Waals surface area contributed by atoms with Gasteiger partial charge in [-0.3, -0.25) is 0 Å². The summed E-state index contributed by atoms with van der Waals surface area (Å²) in [6.07, 6.45) is 8.18. The minimum Gasteiger partial charge on any atom is -0.0804 e. The zero-order chi connectivity index (χ0) is 8.40. The molecule has 0 bridgehead atoms. The highest BCUT2D eigenvalue weighted by Crippen LogP contribution is 2.66. The zero-order valence-corrected chi connectivity index (χ0v) is 10.2. The third kappa shape index (κ3) is 1.14. The molecule has 0 aromatic heterocycles. The van der Waals surface area contributed by atoms with Crippen molar-refractivity contribution in [3.8, 4) is 0 Å². The molecule has 2 heteroatoms. The predicted octanol–water partition coefficient (Wildman–Crippen LogP) is 3.93. The van der Waals surface area contributed by atoms with E-state index in [0.29, 0.717) is 8.65 Å². The third-order valence-corrected chi connectivity index (χ3v) is 5.51. The highest BCUT2D eigenvalue weighted by atomic mass is 79.9. The van der Waals surface area contributed by atoms with Crippen molar-refractivity contribution in [1.82, 2.24) is 0 Å². The normalized spacial score (nSPS) is 33.0. The molecule has 3 aliphatic rings. The van der Waals surface area contributed by atoms with E-state index in [2.05, 4.69) is 31.9 Å². The SMILES string of the molecule is BrC1(C(=C2CC2)C2(Br)CC2)CC1. The van der Waals surface area contributed by atoms with Gasteiger partial charge < -0.3 is 0 Å². The first-order valence-corrected chi connectivity index (χ1v) is 6.34. The van der Waals surface area contributed by atoms with Gasteiger partial charge in [0.25, 0.3) is 0 Å². The van der Waals surface area contributed by atoms with Gasteiger partial charge in [-0.2, -0.15) is 0 Å². The number of allylic oxidation sites excluding steroid dienone is 2. The first-order valence-electron chi connectivity index (χ1n) is 4.75. The van der Waals surface area contributed by atoms with E-state index in [4.69, 9.17) is 0 Å². The van der Waals surface area contributed by atoms with E-state index in [-0.39, 0.29) is 0 Å². The van der Waals surface area contributed by atoms with Crippen LogP contribution < -0.4 is 0 Å². The quantitative estimate of drug-likeness (QED) is 0.534. The molecule has 0 unspecified atom stereocenters. The molecule has 0 N–H and O–H groups in total. The maximum Gasteiger partial charge on any atom is 0.0483 e. The van der Waals surface area contributed by atoms with E-state index in [1.54, 1.807) is 11.1 Å². The Morgan fingerprint density at radius 3 is 1.58 bits per heavy atom. The van der Waals surface area contributed by atoms with E-state index >= 15 is 0 Å². The summed E-state index contributed by atoms with van der Waals surface area (Å²) in [6.45, 7) is 0. The zero-order valence-electron chi connectivity index (χ0n) is 7.00. The summed E-state index contributed by atoms with van der Waals surface area (Å²) in [5, 5.41) is 0. The van der Waals surface area contributed by atoms with Crippen LogP contribution in [-0.4, -0.2) is 8.65 Å². The third-order valence-electron chi connectivity index (χ3n) is 3.13. The summed E-state index contributed by atoms with van der Waals surface area (Å²) in [6, 6.07) is 0. The molecule has 0 aliphatic heterocycles. The van der Waals surface area contributed by atoms with E-state index < -0.39 is 0 Å². The molecule has 12 heavy (non-hydrogen) atoms. The van der Waals surface area contributed by atoms with Gasteiger partial charge in [0.1, 0.15) is 0 Å². The molecular weight excluding hydrogens is 280 g/mol. The smallest absolute Gasteiger partial charge is 0.0483 e. The van der Waals surface area contributed by atoms with Crippen molar-refractivity contribution in [2.45, 2.75) is 47.2 Å². The van der Waals surface area contributed by atoms with Crippen LogP contribution >= 0.6 is 31.9 Å². The molecule has 0 nitrogen and oxygen atoms in total. The first kappa shape index (κ1) is 8.05. The lowest BCUT2D eigenvalue weighted by molar-refractivity contribution is 0.949. The van der Waals surface area contributed by atoms with Gasteiger partial charge in [0.05, 0.1) is 0 Å². The van der Waals surface area contributed by atoms with Gasteiger partial charge in [-0.25, -0.2) is 0 Å². The van der Waals surface area contributed by atoms with Crippen molar-refractivity contribution in [2.75, 3.05) is 0 Å². The fraction of sp³-hybridized carbons (Fsp3) is 0.800. The summed E-state index contributed by atoms with van der Waals surface area (Å²) >= 11 is 7.77. The number of hydrogen-bond acceptors (Lipinski definition) is 0. The van der Waals surface area contributed by atoms with Crippen molar-refractivity contribution >= 4 is 31.9 Å². The molecule has 3 fully saturated rings. The molecule has 0 amide bonds. The number of alkyl halides is 2. The lowest BCUT2D eigenvalue weighted by Crippen LogP contribution is -2.14. The average molecular weight is 292 g/mol. The van der Waals surface area contributed by atoms with Crippen LogP contribution in [0.25, 0.3) is 0 Å². The van der Waals surface area contributed by atoms with Crippen LogP contribution in [0.5, 0.6) is 0 Å². The Morgan fingerprint density at radius 1 is 0.917 bits per heavy atom. The molecule has 0 aromatic rings. The van der Waals surface area contributed by atoms with E-state index in [9.17, 15) is 0 Å². The van der Waals surface area contributed by atoms with Crippen LogP contribution in [0.3, 0.4) is 0 Å². The Hall–Kier alpha value is 0.700. The van der Waals surface area contributed by atoms with Crippen molar-refractivity contribution in [3.05, 3.63) is 11.1 Å². The van der Waals surface area contributed by atoms with Crippen molar-refractivity contribution in [2.24, 2.45) is 0 Å². The maximum absolute atomic E-state index is 3.88. The van der Waals surface area contributed by atoms with Crippen LogP contribution in [-0.2, 0) is 0 Å². The standard InChI is InChI=1S/C10H12Br2/c11-9(3-4-9)8(7-1-2-7)10(12)5-6-10/h1-6H2. The Bertz CT molecular complexity index is 244. The van der Waals surface area contributed by atoms with Gasteiger partial charge in [-0.15, -0.1) is 0 Å². The minimum absolute atomic E-state index is 0.443. The largest absolute Gasteiger partial charge is 0.0804 e. The highest BCUT2D eigenvalue weighted by molar-refractivity contribution is 9.11. The predicted molar refractivity (Wildman–Crippen MR) is 58.0 cm³/mol. The molecule has 0 aromatic carbocycles. The molecule has 3 aliphatic carbocycles. The summed E-state index contributed by atoms with van der Waals surface area (Å²) in [4.78, 5) is 0. The molecule has 0 atom stereocenters. The fourth-order valence-electron chi connectivity index (χ4n) is 2.07. The van der Waals surface area contributed by atoms with Gasteiger partial charge in [-0.05, 0) is 44.1 Å². The lowest BCUT2D eigenvalue weighted by atomic mass is 10.1. The van der Waals surface area contributed by atoms with Gasteiger partial charge in [0, 0.05) is 8.65 Å². The second-order valence-electron chi connectivity index (χ2n) is 4.41. The monoisotopic (exact) mass is 290 g/mol. The van der Waals surface area contributed by atoms with E-state index in [0.717, 1.165) is 0 Å². The van der Waals surface area contributed by atoms with Crippen molar-refractivity contribution in [3.63, 3.8) is 0 Å². The van der Waals surface area contributed by atoms with Crippen LogP contribution in [0.15, 0.2) is 11.1 Å². The molecule has 3 saturated carbocycles. The van der Waals surface area contributed by atoms with Gasteiger partial charge in [0.2, 0.25) is 0 Å². The van der Waals surface area contributed by atoms with Crippen molar-refractivity contribution in [1.29, 1.82) is 0 Å². The van der Waals surface area contributed by atoms with Gasteiger partial charge >= 0.3 is 0 Å². The number of halogens is 2. The Labute approximate surface area is 90.1 Å². The topological polar surface area (TPSA) is 0 Å². The first-order chi connectivity index (χ1) is 5.64. The fourth-order valence-corrected chi connectivity index (χ4v) is 4.05. The van der Waals surface area contributed by atoms with Gasteiger partial charge in [0.15, 0.2) is 0 Å². The Morgan fingerprint density at radius 2 is 1.33 bits per heavy atom. The second kappa shape index (κ2) is 2.20. The number of hydrogen-bond donors (Lipinski definition) is 0. The molecule has 0 spiro atoms. The van der Waals surface area contributed by atoms with Crippen molar-refractivity contribution < 1.29 is 0 Å². The molecule has 3 rings (SSSR count). The maximum atomic E-state index is 3.88. The van der Waals surface area contributed by atoms with E-state index in [1.807, 2.05) is 0 Å². The van der Waals surface area contributed by atoms with Crippen LogP contribution in [0.1, 0.15) is 38.5 Å². The summed E-state index contributed by atoms with van der Waals surface area (Å²) < 4.78 is 0.887. The Balaban J connectivity index is 1.99. The molecule has 0 heterocycles. The summed E-state index contributed by atoms with van der Waals surface area (Å²) in [5.74, 6) is 0. The number of rotatable bonds is 2. The second-order valence-corrected chi connectivity index (χ2v) is 7.45. The Kier molecular flexibility index (Phi) is 1.47. The highest BCUT2D eigenvalue weighted by Gasteiger charge is 2.57. The lowest BCUT2D eigenvalue weighted by Gasteiger charge is -2.17. The van der Waals surface area contributed by atoms with Gasteiger partial charge in [-0.1, -0.05) is 37.4 Å². The average Bonchev–Trinajstić information content (AvgIpc) is 2.74. The summed E-state index contributed by atoms with van der Waals surface area (Å²) in [7, 11) is 0. The molecule has 0 radical (unpaired) electrons. The van der Waals surface area contributed by atoms with E-state index in [1.165, 1.54) is 38.5 Å². The summed E-state index contributed by atoms with van der Waals surface area (Å²) in [5.41, 5.74) is 3.49. The van der Waals surface area contributed by atoms with Crippen LogP contribution in [0.2, 0.25) is 0 Å². The van der Waals surface area contributed by atoms with Crippen LogP contribution in [0.4, 0.5) is 0 Å². The van der Waals surface area contributed by atoms with Crippen LogP contribution in [0, 0.1) is 0 Å². The minimum atomic E-state index is 0.443. The molecule has 66 valence electrons. The molecular formula is C10H12Br2.